The Morgan fingerprint density at radius 2 is 1.81 bits per heavy atom. The SMILES string of the molecule is CC(C)COCc1ccc(C(=O)NCCOC(C)C)cc1. The number of ether oxygens (including phenoxy) is 2. The average molecular weight is 293 g/mol. The Labute approximate surface area is 127 Å². The Kier molecular flexibility index (Phi) is 8.01. The van der Waals surface area contributed by atoms with Crippen LogP contribution in [-0.2, 0) is 16.1 Å². The summed E-state index contributed by atoms with van der Waals surface area (Å²) in [5, 5.41) is 2.84. The molecule has 4 nitrogen and oxygen atoms in total. The second-order valence-corrected chi connectivity index (χ2v) is 5.78. The summed E-state index contributed by atoms with van der Waals surface area (Å²) in [6.07, 6.45) is 0.187. The van der Waals surface area contributed by atoms with Crippen molar-refractivity contribution in [3.8, 4) is 0 Å². The Morgan fingerprint density at radius 1 is 1.14 bits per heavy atom. The third kappa shape index (κ3) is 7.83. The summed E-state index contributed by atoms with van der Waals surface area (Å²) in [7, 11) is 0. The minimum Gasteiger partial charge on any atom is -0.377 e. The zero-order valence-corrected chi connectivity index (χ0v) is 13.5. The van der Waals surface area contributed by atoms with Gasteiger partial charge in [0.1, 0.15) is 0 Å². The van der Waals surface area contributed by atoms with E-state index in [-0.39, 0.29) is 12.0 Å². The lowest BCUT2D eigenvalue weighted by Crippen LogP contribution is -2.28. The molecule has 21 heavy (non-hydrogen) atoms. The van der Waals surface area contributed by atoms with Crippen LogP contribution in [0.25, 0.3) is 0 Å². The molecule has 0 aliphatic rings. The molecule has 4 heteroatoms. The number of rotatable bonds is 9. The number of benzene rings is 1. The molecule has 118 valence electrons. The van der Waals surface area contributed by atoms with Crippen molar-refractivity contribution in [2.75, 3.05) is 19.8 Å². The van der Waals surface area contributed by atoms with Crippen LogP contribution in [0, 0.1) is 5.92 Å². The van der Waals surface area contributed by atoms with E-state index in [1.807, 2.05) is 38.1 Å². The maximum absolute atomic E-state index is 11.9. The first kappa shape index (κ1) is 17.7. The largest absolute Gasteiger partial charge is 0.377 e. The van der Waals surface area contributed by atoms with E-state index in [4.69, 9.17) is 9.47 Å². The van der Waals surface area contributed by atoms with E-state index in [0.717, 1.165) is 12.2 Å². The van der Waals surface area contributed by atoms with Gasteiger partial charge in [0.15, 0.2) is 0 Å². The van der Waals surface area contributed by atoms with Gasteiger partial charge in [0.25, 0.3) is 5.91 Å². The molecule has 1 amide bonds. The van der Waals surface area contributed by atoms with Crippen LogP contribution in [0.1, 0.15) is 43.6 Å². The fourth-order valence-corrected chi connectivity index (χ4v) is 1.73. The minimum absolute atomic E-state index is 0.0722. The van der Waals surface area contributed by atoms with Crippen molar-refractivity contribution in [2.24, 2.45) is 5.92 Å². The van der Waals surface area contributed by atoms with Crippen LogP contribution >= 0.6 is 0 Å². The van der Waals surface area contributed by atoms with Gasteiger partial charge in [0.05, 0.1) is 19.3 Å². The zero-order chi connectivity index (χ0) is 15.7. The van der Waals surface area contributed by atoms with Gasteiger partial charge in [-0.05, 0) is 37.5 Å². The number of hydrogen-bond donors (Lipinski definition) is 1. The van der Waals surface area contributed by atoms with Gasteiger partial charge in [-0.25, -0.2) is 0 Å². The fraction of sp³-hybridized carbons (Fsp3) is 0.588. The van der Waals surface area contributed by atoms with E-state index in [1.54, 1.807) is 0 Å². The third-order valence-corrected chi connectivity index (χ3v) is 2.77. The number of nitrogens with one attached hydrogen (secondary N) is 1. The molecule has 0 fully saturated rings. The van der Waals surface area contributed by atoms with E-state index >= 15 is 0 Å². The predicted molar refractivity (Wildman–Crippen MR) is 84.4 cm³/mol. The van der Waals surface area contributed by atoms with Crippen LogP contribution in [-0.4, -0.2) is 31.8 Å². The molecule has 1 aromatic carbocycles. The van der Waals surface area contributed by atoms with Gasteiger partial charge in [-0.15, -0.1) is 0 Å². The Hall–Kier alpha value is -1.39. The topological polar surface area (TPSA) is 47.6 Å². The van der Waals surface area contributed by atoms with Gasteiger partial charge in [-0.1, -0.05) is 26.0 Å². The summed E-state index contributed by atoms with van der Waals surface area (Å²) in [6, 6.07) is 7.51. The lowest BCUT2D eigenvalue weighted by atomic mass is 10.1. The molecule has 0 atom stereocenters. The fourth-order valence-electron chi connectivity index (χ4n) is 1.73. The summed E-state index contributed by atoms with van der Waals surface area (Å²) in [4.78, 5) is 11.9. The van der Waals surface area contributed by atoms with E-state index in [0.29, 0.717) is 31.2 Å². The van der Waals surface area contributed by atoms with Crippen molar-refractivity contribution in [1.82, 2.24) is 5.32 Å². The molecule has 0 aromatic heterocycles. The van der Waals surface area contributed by atoms with Crippen LogP contribution in [0.4, 0.5) is 0 Å². The molecule has 0 heterocycles. The third-order valence-electron chi connectivity index (χ3n) is 2.77. The van der Waals surface area contributed by atoms with E-state index in [1.165, 1.54) is 0 Å². The van der Waals surface area contributed by atoms with Crippen molar-refractivity contribution in [3.05, 3.63) is 35.4 Å². The predicted octanol–water partition coefficient (Wildman–Crippen LogP) is 3.01. The molecule has 1 N–H and O–H groups in total. The van der Waals surface area contributed by atoms with Crippen molar-refractivity contribution < 1.29 is 14.3 Å². The summed E-state index contributed by atoms with van der Waals surface area (Å²) in [5.74, 6) is 0.458. The first-order valence-corrected chi connectivity index (χ1v) is 7.55. The molecule has 0 bridgehead atoms. The lowest BCUT2D eigenvalue weighted by molar-refractivity contribution is 0.0746. The molecule has 1 aromatic rings. The summed E-state index contributed by atoms with van der Waals surface area (Å²) in [5.41, 5.74) is 1.74. The van der Waals surface area contributed by atoms with Crippen LogP contribution in [0.15, 0.2) is 24.3 Å². The second kappa shape index (κ2) is 9.53. The molecular weight excluding hydrogens is 266 g/mol. The second-order valence-electron chi connectivity index (χ2n) is 5.78. The Bertz CT molecular complexity index is 413. The quantitative estimate of drug-likeness (QED) is 0.712. The summed E-state index contributed by atoms with van der Waals surface area (Å²) >= 11 is 0. The summed E-state index contributed by atoms with van der Waals surface area (Å²) < 4.78 is 10.9. The first-order chi connectivity index (χ1) is 9.99. The highest BCUT2D eigenvalue weighted by molar-refractivity contribution is 5.94. The highest BCUT2D eigenvalue weighted by Crippen LogP contribution is 2.07. The molecule has 0 saturated carbocycles. The van der Waals surface area contributed by atoms with E-state index in [9.17, 15) is 4.79 Å². The molecular formula is C17H27NO3. The van der Waals surface area contributed by atoms with Gasteiger partial charge in [-0.3, -0.25) is 4.79 Å². The van der Waals surface area contributed by atoms with E-state index < -0.39 is 0 Å². The number of carbonyl (C=O) groups excluding carboxylic acids is 1. The Morgan fingerprint density at radius 3 is 2.38 bits per heavy atom. The van der Waals surface area contributed by atoms with Gasteiger partial charge >= 0.3 is 0 Å². The number of carbonyl (C=O) groups is 1. The lowest BCUT2D eigenvalue weighted by Gasteiger charge is -2.09. The molecule has 0 aliphatic heterocycles. The van der Waals surface area contributed by atoms with Gasteiger partial charge in [0.2, 0.25) is 0 Å². The van der Waals surface area contributed by atoms with Gasteiger partial charge in [-0.2, -0.15) is 0 Å². The van der Waals surface area contributed by atoms with Crippen molar-refractivity contribution >= 4 is 5.91 Å². The van der Waals surface area contributed by atoms with Gasteiger partial charge < -0.3 is 14.8 Å². The molecule has 1 rings (SSSR count). The average Bonchev–Trinajstić information content (AvgIpc) is 2.43. The standard InChI is InChI=1S/C17H27NO3/c1-13(2)11-20-12-15-5-7-16(8-6-15)17(19)18-9-10-21-14(3)4/h5-8,13-14H,9-12H2,1-4H3,(H,18,19). The van der Waals surface area contributed by atoms with Crippen LogP contribution in [0.2, 0.25) is 0 Å². The molecule has 0 unspecified atom stereocenters. The maximum Gasteiger partial charge on any atom is 0.251 e. The Balaban J connectivity index is 2.33. The monoisotopic (exact) mass is 293 g/mol. The number of hydrogen-bond acceptors (Lipinski definition) is 3. The molecule has 0 aliphatic carbocycles. The highest BCUT2D eigenvalue weighted by atomic mass is 16.5. The van der Waals surface area contributed by atoms with Gasteiger partial charge in [0, 0.05) is 18.7 Å². The number of amides is 1. The van der Waals surface area contributed by atoms with Crippen LogP contribution in [0.5, 0.6) is 0 Å². The highest BCUT2D eigenvalue weighted by Gasteiger charge is 2.05. The van der Waals surface area contributed by atoms with Crippen LogP contribution in [0.3, 0.4) is 0 Å². The molecule has 0 spiro atoms. The van der Waals surface area contributed by atoms with Crippen molar-refractivity contribution in [2.45, 2.75) is 40.4 Å². The molecule has 0 radical (unpaired) electrons. The first-order valence-electron chi connectivity index (χ1n) is 7.55. The smallest absolute Gasteiger partial charge is 0.251 e. The molecule has 0 saturated heterocycles. The summed E-state index contributed by atoms with van der Waals surface area (Å²) in [6.45, 7) is 10.6. The van der Waals surface area contributed by atoms with Crippen molar-refractivity contribution in [1.29, 1.82) is 0 Å². The zero-order valence-electron chi connectivity index (χ0n) is 13.5. The minimum atomic E-state index is -0.0722. The van der Waals surface area contributed by atoms with E-state index in [2.05, 4.69) is 19.2 Å². The normalized spacial score (nSPS) is 11.1. The maximum atomic E-state index is 11.9. The van der Waals surface area contributed by atoms with Crippen LogP contribution < -0.4 is 5.32 Å². The van der Waals surface area contributed by atoms with Crippen molar-refractivity contribution in [3.63, 3.8) is 0 Å².